The smallest absolute Gasteiger partial charge is 0.229 e. The zero-order valence-corrected chi connectivity index (χ0v) is 24.4. The maximum absolute atomic E-state index is 13.4. The second-order valence-electron chi connectivity index (χ2n) is 10.5. The summed E-state index contributed by atoms with van der Waals surface area (Å²) < 4.78 is 6.64. The molecule has 1 N–H and O–H groups in total. The van der Waals surface area contributed by atoms with Gasteiger partial charge in [-0.1, -0.05) is 60.1 Å². The van der Waals surface area contributed by atoms with Gasteiger partial charge in [-0.2, -0.15) is 0 Å². The number of ether oxygens (including phenoxy) is 1. The van der Waals surface area contributed by atoms with E-state index >= 15 is 0 Å². The molecule has 0 saturated carbocycles. The van der Waals surface area contributed by atoms with Crippen molar-refractivity contribution in [3.8, 4) is 5.75 Å². The second kappa shape index (κ2) is 13.1. The van der Waals surface area contributed by atoms with Crippen molar-refractivity contribution >= 4 is 40.2 Å². The van der Waals surface area contributed by atoms with Crippen LogP contribution in [0.5, 0.6) is 5.75 Å². The van der Waals surface area contributed by atoms with Crippen LogP contribution in [0, 0.1) is 11.3 Å². The number of carbonyl (C=O) groups is 2. The maximum atomic E-state index is 13.4. The highest BCUT2D eigenvalue weighted by molar-refractivity contribution is 9.10. The van der Waals surface area contributed by atoms with Crippen LogP contribution in [-0.4, -0.2) is 54.9 Å². The Morgan fingerprint density at radius 3 is 2.35 bits per heavy atom. The summed E-state index contributed by atoms with van der Waals surface area (Å²) in [6.07, 6.45) is 3.56. The number of rotatable bonds is 9. The molecule has 6 nitrogen and oxygen atoms in total. The summed E-state index contributed by atoms with van der Waals surface area (Å²) in [5.41, 5.74) is 1.98. The van der Waals surface area contributed by atoms with Crippen LogP contribution in [0.25, 0.3) is 0 Å². The van der Waals surface area contributed by atoms with Crippen molar-refractivity contribution in [2.24, 2.45) is 11.3 Å². The van der Waals surface area contributed by atoms with Gasteiger partial charge in [-0.05, 0) is 62.5 Å². The highest BCUT2D eigenvalue weighted by Gasteiger charge is 2.47. The number of halogens is 2. The highest BCUT2D eigenvalue weighted by atomic mass is 79.9. The van der Waals surface area contributed by atoms with Crippen LogP contribution in [0.4, 0.5) is 0 Å². The van der Waals surface area contributed by atoms with Crippen LogP contribution >= 0.6 is 28.3 Å². The summed E-state index contributed by atoms with van der Waals surface area (Å²) in [6, 6.07) is 16.0. The molecule has 2 fully saturated rings. The third-order valence-corrected chi connectivity index (χ3v) is 8.32. The molecular weight excluding hydrogens is 554 g/mol. The number of amides is 2. The first-order valence-electron chi connectivity index (χ1n) is 13.0. The molecule has 2 aromatic rings. The van der Waals surface area contributed by atoms with Crippen LogP contribution in [-0.2, 0) is 16.1 Å². The molecule has 1 spiro atoms. The molecule has 4 rings (SSSR count). The SMILES string of the molecule is COc1ccccc1C(CCN1CCC2(CC1)CCN(Cc1ccc(Br)cc1)C2=O)NC(=O)C(C)C.Cl. The number of hydrogen-bond donors (Lipinski definition) is 1. The minimum absolute atomic E-state index is 0. The van der Waals surface area contributed by atoms with E-state index in [1.165, 1.54) is 5.56 Å². The minimum atomic E-state index is -0.209. The van der Waals surface area contributed by atoms with Crippen molar-refractivity contribution < 1.29 is 14.3 Å². The summed E-state index contributed by atoms with van der Waals surface area (Å²) >= 11 is 3.48. The van der Waals surface area contributed by atoms with Crippen molar-refractivity contribution in [3.05, 3.63) is 64.1 Å². The summed E-state index contributed by atoms with van der Waals surface area (Å²) in [4.78, 5) is 30.4. The molecule has 0 bridgehead atoms. The first-order valence-corrected chi connectivity index (χ1v) is 13.8. The van der Waals surface area contributed by atoms with Crippen molar-refractivity contribution in [3.63, 3.8) is 0 Å². The Morgan fingerprint density at radius 2 is 1.70 bits per heavy atom. The van der Waals surface area contributed by atoms with Crippen molar-refractivity contribution in [1.29, 1.82) is 0 Å². The van der Waals surface area contributed by atoms with Gasteiger partial charge in [-0.15, -0.1) is 12.4 Å². The fourth-order valence-electron chi connectivity index (χ4n) is 5.43. The molecule has 0 radical (unpaired) electrons. The Hall–Kier alpha value is -2.09. The summed E-state index contributed by atoms with van der Waals surface area (Å²) in [7, 11) is 1.67. The average Bonchev–Trinajstić information content (AvgIpc) is 3.18. The van der Waals surface area contributed by atoms with E-state index in [0.717, 1.165) is 67.6 Å². The van der Waals surface area contributed by atoms with Crippen molar-refractivity contribution in [1.82, 2.24) is 15.1 Å². The summed E-state index contributed by atoms with van der Waals surface area (Å²) in [5.74, 6) is 1.09. The Morgan fingerprint density at radius 1 is 1.05 bits per heavy atom. The summed E-state index contributed by atoms with van der Waals surface area (Å²) in [5, 5.41) is 3.23. The molecule has 37 heavy (non-hydrogen) atoms. The van der Waals surface area contributed by atoms with Crippen LogP contribution in [0.15, 0.2) is 53.0 Å². The van der Waals surface area contributed by atoms with Gasteiger partial charge in [0.25, 0.3) is 0 Å². The first kappa shape index (κ1) is 29.5. The van der Waals surface area contributed by atoms with Crippen molar-refractivity contribution in [2.45, 2.75) is 52.1 Å². The lowest BCUT2D eigenvalue weighted by Crippen LogP contribution is -2.45. The quantitative estimate of drug-likeness (QED) is 0.412. The number of nitrogens with zero attached hydrogens (tertiary/aromatic N) is 2. The monoisotopic (exact) mass is 591 g/mol. The normalized spacial score (nSPS) is 18.1. The highest BCUT2D eigenvalue weighted by Crippen LogP contribution is 2.42. The van der Waals surface area contributed by atoms with Gasteiger partial charge in [0.05, 0.1) is 18.6 Å². The van der Waals surface area contributed by atoms with Crippen LogP contribution in [0.1, 0.15) is 56.7 Å². The van der Waals surface area contributed by atoms with Crippen molar-refractivity contribution in [2.75, 3.05) is 33.3 Å². The molecule has 202 valence electrons. The molecule has 2 aliphatic rings. The van der Waals surface area contributed by atoms with Gasteiger partial charge in [0.2, 0.25) is 11.8 Å². The standard InChI is InChI=1S/C29H38BrN3O3.ClH/c1-21(2)27(34)31-25(24-6-4-5-7-26(24)36-3)12-16-32-17-13-29(14-18-32)15-19-33(28(29)35)20-22-8-10-23(30)11-9-22;/h4-11,21,25H,12-20H2,1-3H3,(H,31,34);1H. The predicted molar refractivity (Wildman–Crippen MR) is 153 cm³/mol. The lowest BCUT2D eigenvalue weighted by Gasteiger charge is -2.38. The van der Waals surface area contributed by atoms with E-state index < -0.39 is 0 Å². The van der Waals surface area contributed by atoms with Gasteiger partial charge in [-0.3, -0.25) is 9.59 Å². The topological polar surface area (TPSA) is 61.9 Å². The molecular formula is C29H39BrClN3O3. The summed E-state index contributed by atoms with van der Waals surface area (Å²) in [6.45, 7) is 8.05. The number of nitrogens with one attached hydrogen (secondary N) is 1. The van der Waals surface area contributed by atoms with E-state index in [0.29, 0.717) is 12.5 Å². The molecule has 2 amide bonds. The lowest BCUT2D eigenvalue weighted by molar-refractivity contribution is -0.139. The number of methoxy groups -OCH3 is 1. The van der Waals surface area contributed by atoms with Crippen LogP contribution in [0.3, 0.4) is 0 Å². The third-order valence-electron chi connectivity index (χ3n) is 7.79. The minimum Gasteiger partial charge on any atom is -0.496 e. The van der Waals surface area contributed by atoms with Gasteiger partial charge < -0.3 is 19.9 Å². The molecule has 2 aromatic carbocycles. The van der Waals surface area contributed by atoms with Gasteiger partial charge in [-0.25, -0.2) is 0 Å². The number of piperidine rings is 1. The molecule has 8 heteroatoms. The zero-order chi connectivity index (χ0) is 25.7. The van der Waals surface area contributed by atoms with Gasteiger partial charge in [0.1, 0.15) is 5.75 Å². The van der Waals surface area contributed by atoms with Gasteiger partial charge in [0.15, 0.2) is 0 Å². The Balaban J connectivity index is 0.00000380. The third kappa shape index (κ3) is 7.06. The Bertz CT molecular complexity index is 1050. The van der Waals surface area contributed by atoms with Gasteiger partial charge >= 0.3 is 0 Å². The molecule has 2 heterocycles. The fourth-order valence-corrected chi connectivity index (χ4v) is 5.70. The van der Waals surface area contributed by atoms with E-state index in [2.05, 4.69) is 38.3 Å². The molecule has 1 unspecified atom stereocenters. The predicted octanol–water partition coefficient (Wildman–Crippen LogP) is 5.60. The van der Waals surface area contributed by atoms with E-state index in [4.69, 9.17) is 4.74 Å². The average molecular weight is 593 g/mol. The lowest BCUT2D eigenvalue weighted by atomic mass is 9.77. The fraction of sp³-hybridized carbons (Fsp3) is 0.517. The number of benzene rings is 2. The molecule has 1 atom stereocenters. The molecule has 2 aliphatic heterocycles. The first-order chi connectivity index (χ1) is 17.3. The van der Waals surface area contributed by atoms with E-state index in [1.54, 1.807) is 7.11 Å². The van der Waals surface area contributed by atoms with E-state index in [-0.39, 0.29) is 35.7 Å². The van der Waals surface area contributed by atoms with E-state index in [9.17, 15) is 9.59 Å². The van der Waals surface area contributed by atoms with Crippen LogP contribution < -0.4 is 10.1 Å². The molecule has 0 aliphatic carbocycles. The molecule has 0 aromatic heterocycles. The molecule has 2 saturated heterocycles. The van der Waals surface area contributed by atoms with Gasteiger partial charge in [0, 0.05) is 35.6 Å². The zero-order valence-electron chi connectivity index (χ0n) is 22.0. The van der Waals surface area contributed by atoms with Crippen LogP contribution in [0.2, 0.25) is 0 Å². The Kier molecular flexibility index (Phi) is 10.4. The largest absolute Gasteiger partial charge is 0.496 e. The number of para-hydroxylation sites is 1. The van der Waals surface area contributed by atoms with E-state index in [1.807, 2.05) is 55.1 Å². The number of hydrogen-bond acceptors (Lipinski definition) is 4. The second-order valence-corrected chi connectivity index (χ2v) is 11.4. The number of likely N-dealkylation sites (tertiary alicyclic amines) is 2. The number of carbonyl (C=O) groups excluding carboxylic acids is 2. The Labute approximate surface area is 235 Å². The maximum Gasteiger partial charge on any atom is 0.229 e.